The van der Waals surface area contributed by atoms with Crippen LogP contribution in [0.15, 0.2) is 48.5 Å². The maximum Gasteiger partial charge on any atom is 0.220 e. The van der Waals surface area contributed by atoms with Gasteiger partial charge in [0, 0.05) is 6.54 Å². The van der Waals surface area contributed by atoms with E-state index >= 15 is 0 Å². The van der Waals surface area contributed by atoms with Crippen LogP contribution in [0.4, 0.5) is 0 Å². The molecule has 0 spiro atoms. The first-order valence-electron chi connectivity index (χ1n) is 6.74. The molecule has 0 amide bonds. The second-order valence-electron chi connectivity index (χ2n) is 4.60. The molecule has 1 unspecified atom stereocenters. The van der Waals surface area contributed by atoms with Crippen LogP contribution in [0.5, 0.6) is 5.75 Å². The number of aliphatic hydroxyl groups is 2. The highest BCUT2D eigenvalue weighted by Crippen LogP contribution is 2.15. The summed E-state index contributed by atoms with van der Waals surface area (Å²) in [6.07, 6.45) is 2.81. The Morgan fingerprint density at radius 3 is 1.95 bits per heavy atom. The van der Waals surface area contributed by atoms with E-state index in [0.717, 1.165) is 16.7 Å². The van der Waals surface area contributed by atoms with E-state index < -0.39 is 12.9 Å². The largest absolute Gasteiger partial charge is 0.463 e. The molecule has 0 saturated heterocycles. The molecule has 0 saturated carbocycles. The maximum absolute atomic E-state index is 9.18. The van der Waals surface area contributed by atoms with E-state index in [0.29, 0.717) is 12.3 Å². The van der Waals surface area contributed by atoms with Crippen LogP contribution in [0, 0.1) is 0 Å². The SMILES string of the molecule is NCc1ccc(/C=C/c2ccc(OC(O)CO)cc2)cc1. The second-order valence-corrected chi connectivity index (χ2v) is 4.60. The zero-order valence-corrected chi connectivity index (χ0v) is 11.6. The van der Waals surface area contributed by atoms with E-state index in [9.17, 15) is 5.11 Å². The molecule has 2 aromatic carbocycles. The fourth-order valence-electron chi connectivity index (χ4n) is 1.81. The Labute approximate surface area is 124 Å². The van der Waals surface area contributed by atoms with Crippen LogP contribution in [0.2, 0.25) is 0 Å². The quantitative estimate of drug-likeness (QED) is 0.560. The predicted octanol–water partition coefficient (Wildman–Crippen LogP) is 2.01. The van der Waals surface area contributed by atoms with Gasteiger partial charge in [0.2, 0.25) is 6.29 Å². The first-order chi connectivity index (χ1) is 10.2. The van der Waals surface area contributed by atoms with Crippen LogP contribution in [0.25, 0.3) is 12.2 Å². The van der Waals surface area contributed by atoms with E-state index in [1.165, 1.54) is 0 Å². The van der Waals surface area contributed by atoms with E-state index in [4.69, 9.17) is 15.6 Å². The van der Waals surface area contributed by atoms with E-state index in [1.807, 2.05) is 48.6 Å². The van der Waals surface area contributed by atoms with Crippen molar-refractivity contribution in [2.45, 2.75) is 12.8 Å². The normalized spacial score (nSPS) is 12.5. The molecule has 0 aliphatic carbocycles. The minimum atomic E-state index is -1.19. The minimum absolute atomic E-state index is 0.430. The van der Waals surface area contributed by atoms with Gasteiger partial charge in [-0.1, -0.05) is 48.6 Å². The Morgan fingerprint density at radius 2 is 1.48 bits per heavy atom. The molecule has 0 aliphatic rings. The van der Waals surface area contributed by atoms with Gasteiger partial charge in [-0.2, -0.15) is 0 Å². The highest BCUT2D eigenvalue weighted by molar-refractivity contribution is 5.69. The molecule has 0 aromatic heterocycles. The average Bonchev–Trinajstić information content (AvgIpc) is 2.54. The van der Waals surface area contributed by atoms with Crippen molar-refractivity contribution in [3.63, 3.8) is 0 Å². The summed E-state index contributed by atoms with van der Waals surface area (Å²) in [6.45, 7) is 0.117. The van der Waals surface area contributed by atoms with Crippen molar-refractivity contribution in [2.75, 3.05) is 6.61 Å². The molecule has 0 aliphatic heterocycles. The van der Waals surface area contributed by atoms with Crippen LogP contribution < -0.4 is 10.5 Å². The van der Waals surface area contributed by atoms with Crippen LogP contribution in [0.3, 0.4) is 0 Å². The number of aliphatic hydroxyl groups excluding tert-OH is 2. The molecule has 0 heterocycles. The summed E-state index contributed by atoms with van der Waals surface area (Å²) in [4.78, 5) is 0. The highest BCUT2D eigenvalue weighted by Gasteiger charge is 2.02. The van der Waals surface area contributed by atoms with Gasteiger partial charge in [0.1, 0.15) is 12.4 Å². The number of ether oxygens (including phenoxy) is 1. The van der Waals surface area contributed by atoms with Crippen LogP contribution in [-0.4, -0.2) is 23.1 Å². The zero-order chi connectivity index (χ0) is 15.1. The number of hydrogen-bond donors (Lipinski definition) is 3. The summed E-state index contributed by atoms with van der Waals surface area (Å²) in [5, 5.41) is 17.9. The lowest BCUT2D eigenvalue weighted by Gasteiger charge is -2.10. The third-order valence-corrected chi connectivity index (χ3v) is 2.99. The van der Waals surface area contributed by atoms with Gasteiger partial charge in [0.05, 0.1) is 0 Å². The van der Waals surface area contributed by atoms with Gasteiger partial charge in [0.25, 0.3) is 0 Å². The molecule has 4 nitrogen and oxygen atoms in total. The molecule has 4 N–H and O–H groups in total. The van der Waals surface area contributed by atoms with Crippen molar-refractivity contribution in [2.24, 2.45) is 5.73 Å². The fourth-order valence-corrected chi connectivity index (χ4v) is 1.81. The monoisotopic (exact) mass is 285 g/mol. The Hall–Kier alpha value is -2.14. The number of rotatable bonds is 6. The molecule has 1 atom stereocenters. The molecular weight excluding hydrogens is 266 g/mol. The van der Waals surface area contributed by atoms with Crippen molar-refractivity contribution < 1.29 is 14.9 Å². The van der Waals surface area contributed by atoms with Crippen molar-refractivity contribution in [1.82, 2.24) is 0 Å². The van der Waals surface area contributed by atoms with E-state index in [2.05, 4.69) is 0 Å². The summed E-state index contributed by atoms with van der Waals surface area (Å²) in [5.41, 5.74) is 8.79. The first-order valence-corrected chi connectivity index (χ1v) is 6.74. The summed E-state index contributed by atoms with van der Waals surface area (Å²) < 4.78 is 5.08. The minimum Gasteiger partial charge on any atom is -0.463 e. The first kappa shape index (κ1) is 15.3. The molecule has 0 bridgehead atoms. The predicted molar refractivity (Wildman–Crippen MR) is 83.4 cm³/mol. The smallest absolute Gasteiger partial charge is 0.220 e. The van der Waals surface area contributed by atoms with Gasteiger partial charge in [-0.15, -0.1) is 0 Å². The average molecular weight is 285 g/mol. The van der Waals surface area contributed by atoms with Gasteiger partial charge in [-0.25, -0.2) is 0 Å². The Morgan fingerprint density at radius 1 is 0.952 bits per heavy atom. The molecule has 0 radical (unpaired) electrons. The standard InChI is InChI=1S/C17H19NO3/c18-11-15-5-3-13(4-6-15)1-2-14-7-9-16(10-8-14)21-17(20)12-19/h1-10,17,19-20H,11-12,18H2/b2-1+. The molecule has 2 rings (SSSR count). The van der Waals surface area contributed by atoms with Crippen LogP contribution in [0.1, 0.15) is 16.7 Å². The van der Waals surface area contributed by atoms with Crippen LogP contribution >= 0.6 is 0 Å². The van der Waals surface area contributed by atoms with Gasteiger partial charge in [-0.05, 0) is 28.8 Å². The maximum atomic E-state index is 9.18. The molecular formula is C17H19NO3. The summed E-state index contributed by atoms with van der Waals surface area (Å²) in [7, 11) is 0. The Kier molecular flexibility index (Phi) is 5.51. The van der Waals surface area contributed by atoms with Gasteiger partial charge < -0.3 is 20.7 Å². The lowest BCUT2D eigenvalue weighted by molar-refractivity contribution is -0.0548. The molecule has 2 aromatic rings. The molecule has 4 heteroatoms. The van der Waals surface area contributed by atoms with Gasteiger partial charge in [-0.3, -0.25) is 0 Å². The second kappa shape index (κ2) is 7.59. The van der Waals surface area contributed by atoms with Crippen molar-refractivity contribution in [3.05, 3.63) is 65.2 Å². The van der Waals surface area contributed by atoms with E-state index in [-0.39, 0.29) is 0 Å². The lowest BCUT2D eigenvalue weighted by atomic mass is 10.1. The third kappa shape index (κ3) is 4.72. The van der Waals surface area contributed by atoms with Gasteiger partial charge in [0.15, 0.2) is 0 Å². The molecule has 110 valence electrons. The van der Waals surface area contributed by atoms with Crippen molar-refractivity contribution >= 4 is 12.2 Å². The summed E-state index contributed by atoms with van der Waals surface area (Å²) >= 11 is 0. The lowest BCUT2D eigenvalue weighted by Crippen LogP contribution is -2.19. The van der Waals surface area contributed by atoms with Gasteiger partial charge >= 0.3 is 0 Å². The van der Waals surface area contributed by atoms with E-state index in [1.54, 1.807) is 12.1 Å². The van der Waals surface area contributed by atoms with Crippen molar-refractivity contribution in [1.29, 1.82) is 0 Å². The highest BCUT2D eigenvalue weighted by atomic mass is 16.6. The number of hydrogen-bond acceptors (Lipinski definition) is 4. The van der Waals surface area contributed by atoms with Crippen LogP contribution in [-0.2, 0) is 6.54 Å². The Bertz CT molecular complexity index is 576. The molecule has 21 heavy (non-hydrogen) atoms. The molecule has 0 fully saturated rings. The van der Waals surface area contributed by atoms with Crippen molar-refractivity contribution in [3.8, 4) is 5.75 Å². The third-order valence-electron chi connectivity index (χ3n) is 2.99. The topological polar surface area (TPSA) is 75.7 Å². The summed E-state index contributed by atoms with van der Waals surface area (Å²) in [6, 6.07) is 15.3. The number of nitrogens with two attached hydrogens (primary N) is 1. The Balaban J connectivity index is 2.00. The zero-order valence-electron chi connectivity index (χ0n) is 11.6. The summed E-state index contributed by atoms with van der Waals surface area (Å²) in [5.74, 6) is 0.515. The number of benzene rings is 2. The fraction of sp³-hybridized carbons (Fsp3) is 0.176.